The summed E-state index contributed by atoms with van der Waals surface area (Å²) in [6.07, 6.45) is 2.73. The minimum atomic E-state index is 0.334. The summed E-state index contributed by atoms with van der Waals surface area (Å²) >= 11 is 0. The lowest BCUT2D eigenvalue weighted by atomic mass is 10.0. The first-order chi connectivity index (χ1) is 8.83. The van der Waals surface area contributed by atoms with Crippen LogP contribution in [0.5, 0.6) is 5.75 Å². The first-order valence-corrected chi connectivity index (χ1v) is 6.23. The number of ether oxygens (including phenoxy) is 1. The average Bonchev–Trinajstić information content (AvgIpc) is 2.93. The number of hydrogen-bond acceptors (Lipinski definition) is 3. The van der Waals surface area contributed by atoms with Crippen molar-refractivity contribution in [2.24, 2.45) is 0 Å². The van der Waals surface area contributed by atoms with Crippen LogP contribution >= 0.6 is 0 Å². The lowest BCUT2D eigenvalue weighted by molar-refractivity contribution is 0.413. The van der Waals surface area contributed by atoms with Crippen molar-refractivity contribution in [1.82, 2.24) is 5.32 Å². The van der Waals surface area contributed by atoms with Crippen LogP contribution in [0.2, 0.25) is 0 Å². The Morgan fingerprint density at radius 1 is 1.22 bits per heavy atom. The Kier molecular flexibility index (Phi) is 4.42. The number of rotatable bonds is 6. The van der Waals surface area contributed by atoms with E-state index in [1.54, 1.807) is 13.4 Å². The van der Waals surface area contributed by atoms with Gasteiger partial charge in [0.1, 0.15) is 11.5 Å². The number of benzene rings is 1. The molecule has 0 aliphatic carbocycles. The molecule has 96 valence electrons. The summed E-state index contributed by atoms with van der Waals surface area (Å²) in [6, 6.07) is 12.4. The summed E-state index contributed by atoms with van der Waals surface area (Å²) < 4.78 is 10.5. The molecule has 0 saturated heterocycles. The van der Waals surface area contributed by atoms with Gasteiger partial charge in [-0.3, -0.25) is 0 Å². The Morgan fingerprint density at radius 3 is 2.56 bits per heavy atom. The number of furan rings is 1. The van der Waals surface area contributed by atoms with Gasteiger partial charge in [0.25, 0.3) is 0 Å². The Morgan fingerprint density at radius 2 is 2.00 bits per heavy atom. The Hall–Kier alpha value is -1.74. The van der Waals surface area contributed by atoms with Gasteiger partial charge in [-0.15, -0.1) is 0 Å². The van der Waals surface area contributed by atoms with Gasteiger partial charge in [-0.05, 0) is 36.2 Å². The number of hydrogen-bond donors (Lipinski definition) is 1. The monoisotopic (exact) mass is 245 g/mol. The molecule has 0 aliphatic rings. The van der Waals surface area contributed by atoms with Crippen molar-refractivity contribution in [3.8, 4) is 5.75 Å². The van der Waals surface area contributed by atoms with E-state index in [0.717, 1.165) is 24.5 Å². The molecule has 1 atom stereocenters. The van der Waals surface area contributed by atoms with Crippen LogP contribution in [-0.4, -0.2) is 7.11 Å². The largest absolute Gasteiger partial charge is 0.497 e. The highest BCUT2D eigenvalue weighted by Gasteiger charge is 2.09. The van der Waals surface area contributed by atoms with E-state index in [4.69, 9.17) is 9.15 Å². The highest BCUT2D eigenvalue weighted by Crippen LogP contribution is 2.20. The molecular weight excluding hydrogens is 226 g/mol. The normalized spacial score (nSPS) is 12.3. The Balaban J connectivity index is 1.98. The van der Waals surface area contributed by atoms with Crippen molar-refractivity contribution in [3.63, 3.8) is 0 Å². The van der Waals surface area contributed by atoms with Gasteiger partial charge in [-0.25, -0.2) is 0 Å². The highest BCUT2D eigenvalue weighted by atomic mass is 16.5. The van der Waals surface area contributed by atoms with Crippen LogP contribution in [0.1, 0.15) is 30.7 Å². The minimum Gasteiger partial charge on any atom is -0.497 e. The van der Waals surface area contributed by atoms with Crippen molar-refractivity contribution >= 4 is 0 Å². The van der Waals surface area contributed by atoms with E-state index in [1.165, 1.54) is 5.56 Å². The van der Waals surface area contributed by atoms with Crippen LogP contribution < -0.4 is 10.1 Å². The molecule has 3 heteroatoms. The molecule has 18 heavy (non-hydrogen) atoms. The first kappa shape index (κ1) is 12.7. The Labute approximate surface area is 108 Å². The molecule has 1 unspecified atom stereocenters. The fourth-order valence-corrected chi connectivity index (χ4v) is 1.97. The topological polar surface area (TPSA) is 34.4 Å². The number of nitrogens with one attached hydrogen (secondary N) is 1. The molecule has 1 aromatic heterocycles. The molecule has 0 saturated carbocycles. The fraction of sp³-hybridized carbons (Fsp3) is 0.333. The van der Waals surface area contributed by atoms with Crippen molar-refractivity contribution in [2.75, 3.05) is 7.11 Å². The van der Waals surface area contributed by atoms with Crippen molar-refractivity contribution < 1.29 is 9.15 Å². The van der Waals surface area contributed by atoms with E-state index in [9.17, 15) is 0 Å². The quantitative estimate of drug-likeness (QED) is 0.845. The third-order valence-corrected chi connectivity index (χ3v) is 3.03. The van der Waals surface area contributed by atoms with Gasteiger partial charge in [-0.2, -0.15) is 0 Å². The molecule has 0 spiro atoms. The second-order valence-corrected chi connectivity index (χ2v) is 4.19. The third kappa shape index (κ3) is 3.14. The van der Waals surface area contributed by atoms with Gasteiger partial charge in [0, 0.05) is 6.04 Å². The lowest BCUT2D eigenvalue weighted by Crippen LogP contribution is -2.19. The molecule has 0 aliphatic heterocycles. The Bertz CT molecular complexity index is 448. The van der Waals surface area contributed by atoms with Gasteiger partial charge in [0.2, 0.25) is 0 Å². The second kappa shape index (κ2) is 6.26. The van der Waals surface area contributed by atoms with E-state index >= 15 is 0 Å². The van der Waals surface area contributed by atoms with Crippen LogP contribution in [0.25, 0.3) is 0 Å². The molecule has 2 aromatic rings. The van der Waals surface area contributed by atoms with E-state index in [0.29, 0.717) is 6.04 Å². The summed E-state index contributed by atoms with van der Waals surface area (Å²) in [5.41, 5.74) is 1.27. The van der Waals surface area contributed by atoms with E-state index in [2.05, 4.69) is 24.4 Å². The standard InChI is InChI=1S/C15H19NO2/c1-3-15(16-11-14-5-4-10-18-14)12-6-8-13(17-2)9-7-12/h4-10,15-16H,3,11H2,1-2H3. The summed E-state index contributed by atoms with van der Waals surface area (Å²) in [5, 5.41) is 3.49. The molecule has 0 radical (unpaired) electrons. The molecule has 0 amide bonds. The highest BCUT2D eigenvalue weighted by molar-refractivity contribution is 5.29. The summed E-state index contributed by atoms with van der Waals surface area (Å²) in [6.45, 7) is 2.92. The molecule has 0 bridgehead atoms. The summed E-state index contributed by atoms with van der Waals surface area (Å²) in [5.74, 6) is 1.85. The first-order valence-electron chi connectivity index (χ1n) is 6.23. The zero-order valence-electron chi connectivity index (χ0n) is 10.8. The summed E-state index contributed by atoms with van der Waals surface area (Å²) in [4.78, 5) is 0. The van der Waals surface area contributed by atoms with Crippen molar-refractivity contribution in [3.05, 3.63) is 54.0 Å². The van der Waals surface area contributed by atoms with Gasteiger partial charge < -0.3 is 14.5 Å². The lowest BCUT2D eigenvalue weighted by Gasteiger charge is -2.17. The second-order valence-electron chi connectivity index (χ2n) is 4.19. The van der Waals surface area contributed by atoms with Crippen molar-refractivity contribution in [2.45, 2.75) is 25.9 Å². The predicted octanol–water partition coefficient (Wildman–Crippen LogP) is 3.53. The molecule has 3 nitrogen and oxygen atoms in total. The van der Waals surface area contributed by atoms with E-state index in [1.807, 2.05) is 24.3 Å². The maximum atomic E-state index is 5.32. The molecule has 0 fully saturated rings. The van der Waals surface area contributed by atoms with Gasteiger partial charge in [-0.1, -0.05) is 19.1 Å². The molecule has 2 rings (SSSR count). The maximum Gasteiger partial charge on any atom is 0.118 e. The van der Waals surface area contributed by atoms with Crippen LogP contribution in [0.15, 0.2) is 47.1 Å². The molecule has 1 heterocycles. The van der Waals surface area contributed by atoms with Gasteiger partial charge >= 0.3 is 0 Å². The predicted molar refractivity (Wildman–Crippen MR) is 71.6 cm³/mol. The van der Waals surface area contributed by atoms with Gasteiger partial charge in [0.15, 0.2) is 0 Å². The molecule has 1 N–H and O–H groups in total. The van der Waals surface area contributed by atoms with Crippen LogP contribution in [0, 0.1) is 0 Å². The van der Waals surface area contributed by atoms with E-state index in [-0.39, 0.29) is 0 Å². The molecule has 1 aromatic carbocycles. The molecular formula is C15H19NO2. The number of methoxy groups -OCH3 is 1. The van der Waals surface area contributed by atoms with Crippen LogP contribution in [0.4, 0.5) is 0 Å². The minimum absolute atomic E-state index is 0.334. The van der Waals surface area contributed by atoms with Crippen LogP contribution in [0.3, 0.4) is 0 Å². The summed E-state index contributed by atoms with van der Waals surface area (Å²) in [7, 11) is 1.68. The van der Waals surface area contributed by atoms with Crippen LogP contribution in [-0.2, 0) is 6.54 Å². The van der Waals surface area contributed by atoms with E-state index < -0.39 is 0 Å². The fourth-order valence-electron chi connectivity index (χ4n) is 1.97. The zero-order chi connectivity index (χ0) is 12.8. The van der Waals surface area contributed by atoms with Crippen molar-refractivity contribution in [1.29, 1.82) is 0 Å². The average molecular weight is 245 g/mol. The zero-order valence-corrected chi connectivity index (χ0v) is 10.8. The smallest absolute Gasteiger partial charge is 0.118 e. The SMILES string of the molecule is CCC(NCc1ccco1)c1ccc(OC)cc1. The third-order valence-electron chi connectivity index (χ3n) is 3.03. The van der Waals surface area contributed by atoms with Gasteiger partial charge in [0.05, 0.1) is 19.9 Å². The maximum absolute atomic E-state index is 5.32.